The molecule has 1 N–H and O–H groups in total. The Balaban J connectivity index is 1.66. The lowest BCUT2D eigenvalue weighted by atomic mass is 10.2. The Hall–Kier alpha value is -1.78. The number of benzene rings is 1. The van der Waals surface area contributed by atoms with Gasteiger partial charge in [-0.15, -0.1) is 0 Å². The number of nitrogens with one attached hydrogen (secondary N) is 1. The molecule has 1 aliphatic carbocycles. The average molecular weight is 350 g/mol. The lowest BCUT2D eigenvalue weighted by Gasteiger charge is -2.13. The van der Waals surface area contributed by atoms with Crippen molar-refractivity contribution < 1.29 is 4.79 Å². The highest BCUT2D eigenvalue weighted by Crippen LogP contribution is 2.31. The van der Waals surface area contributed by atoms with E-state index in [0.29, 0.717) is 16.1 Å². The van der Waals surface area contributed by atoms with E-state index >= 15 is 0 Å². The zero-order valence-corrected chi connectivity index (χ0v) is 14.0. The molecule has 3 rings (SSSR count). The largest absolute Gasteiger partial charge is 0.307 e. The Morgan fingerprint density at radius 2 is 2.00 bits per heavy atom. The highest BCUT2D eigenvalue weighted by molar-refractivity contribution is 6.42. The fourth-order valence-electron chi connectivity index (χ4n) is 2.81. The third kappa shape index (κ3) is 3.95. The second-order valence-electron chi connectivity index (χ2n) is 5.60. The third-order valence-electron chi connectivity index (χ3n) is 3.96. The van der Waals surface area contributed by atoms with Crippen LogP contribution in [0.4, 0.5) is 5.82 Å². The number of carbonyl (C=O) groups excluding carboxylic acids is 1. The first-order chi connectivity index (χ1) is 11.1. The van der Waals surface area contributed by atoms with Gasteiger partial charge in [-0.1, -0.05) is 42.1 Å². The lowest BCUT2D eigenvalue weighted by molar-refractivity contribution is -0.111. The second-order valence-corrected chi connectivity index (χ2v) is 6.41. The molecule has 1 aliphatic rings. The van der Waals surface area contributed by atoms with E-state index in [1.807, 2.05) is 10.7 Å². The molecule has 1 saturated carbocycles. The van der Waals surface area contributed by atoms with Crippen LogP contribution in [0.3, 0.4) is 0 Å². The zero-order chi connectivity index (χ0) is 16.2. The van der Waals surface area contributed by atoms with Gasteiger partial charge < -0.3 is 5.32 Å². The SMILES string of the molecule is O=C(/C=C/c1ccc(Cl)c(Cl)c1)Nc1ccnn1C1CCCC1. The van der Waals surface area contributed by atoms with Crippen LogP contribution in [0.2, 0.25) is 10.0 Å². The number of halogens is 2. The summed E-state index contributed by atoms with van der Waals surface area (Å²) in [4.78, 5) is 12.1. The quantitative estimate of drug-likeness (QED) is 0.793. The maximum Gasteiger partial charge on any atom is 0.249 e. The van der Waals surface area contributed by atoms with Gasteiger partial charge in [-0.2, -0.15) is 5.10 Å². The molecule has 0 radical (unpaired) electrons. The summed E-state index contributed by atoms with van der Waals surface area (Å²) in [7, 11) is 0. The number of rotatable bonds is 4. The Labute approximate surface area is 145 Å². The molecule has 1 aromatic heterocycles. The van der Waals surface area contributed by atoms with Crippen LogP contribution in [-0.2, 0) is 4.79 Å². The summed E-state index contributed by atoms with van der Waals surface area (Å²) in [5, 5.41) is 8.18. The Morgan fingerprint density at radius 1 is 1.22 bits per heavy atom. The fourth-order valence-corrected chi connectivity index (χ4v) is 3.12. The molecule has 0 bridgehead atoms. The van der Waals surface area contributed by atoms with E-state index in [0.717, 1.165) is 24.2 Å². The maximum absolute atomic E-state index is 12.1. The number of hydrogen-bond donors (Lipinski definition) is 1. The first-order valence-electron chi connectivity index (χ1n) is 7.61. The summed E-state index contributed by atoms with van der Waals surface area (Å²) in [5.74, 6) is 0.538. The van der Waals surface area contributed by atoms with Crippen molar-refractivity contribution >= 4 is 41.0 Å². The Kier molecular flexibility index (Phi) is 5.03. The zero-order valence-electron chi connectivity index (χ0n) is 12.5. The van der Waals surface area contributed by atoms with Gasteiger partial charge in [0.15, 0.2) is 0 Å². The molecule has 23 heavy (non-hydrogen) atoms. The van der Waals surface area contributed by atoms with Crippen molar-refractivity contribution in [3.63, 3.8) is 0 Å². The minimum atomic E-state index is -0.198. The normalized spacial score (nSPS) is 15.4. The molecule has 0 aliphatic heterocycles. The second kappa shape index (κ2) is 7.20. The van der Waals surface area contributed by atoms with Crippen molar-refractivity contribution in [1.29, 1.82) is 0 Å². The molecule has 0 atom stereocenters. The maximum atomic E-state index is 12.1. The molecule has 6 heteroatoms. The standard InChI is InChI=1S/C17H17Cl2N3O/c18-14-7-5-12(11-15(14)19)6-8-17(23)21-16-9-10-20-22(16)13-3-1-2-4-13/h5-11,13H,1-4H2,(H,21,23)/b8-6+. The minimum absolute atomic E-state index is 0.198. The smallest absolute Gasteiger partial charge is 0.249 e. The van der Waals surface area contributed by atoms with Gasteiger partial charge in [0.05, 0.1) is 22.3 Å². The third-order valence-corrected chi connectivity index (χ3v) is 4.70. The molecule has 4 nitrogen and oxygen atoms in total. The number of anilines is 1. The molecule has 120 valence electrons. The van der Waals surface area contributed by atoms with Crippen LogP contribution in [-0.4, -0.2) is 15.7 Å². The summed E-state index contributed by atoms with van der Waals surface area (Å²) in [6, 6.07) is 7.44. The van der Waals surface area contributed by atoms with Gasteiger partial charge in [-0.05, 0) is 36.6 Å². The fraction of sp³-hybridized carbons (Fsp3) is 0.294. The molecule has 2 aromatic rings. The molecule has 1 amide bonds. The molecule has 0 unspecified atom stereocenters. The average Bonchev–Trinajstić information content (AvgIpc) is 3.19. The summed E-state index contributed by atoms with van der Waals surface area (Å²) < 4.78 is 1.91. The van der Waals surface area contributed by atoms with Crippen LogP contribution in [0, 0.1) is 0 Å². The van der Waals surface area contributed by atoms with Gasteiger partial charge in [0.25, 0.3) is 0 Å². The van der Waals surface area contributed by atoms with Crippen molar-refractivity contribution in [2.24, 2.45) is 0 Å². The predicted octanol–water partition coefficient (Wildman–Crippen LogP) is 4.96. The summed E-state index contributed by atoms with van der Waals surface area (Å²) in [6.45, 7) is 0. The predicted molar refractivity (Wildman–Crippen MR) is 93.9 cm³/mol. The molecule has 1 fully saturated rings. The Morgan fingerprint density at radius 3 is 2.74 bits per heavy atom. The van der Waals surface area contributed by atoms with Gasteiger partial charge in [-0.3, -0.25) is 4.79 Å². The molecule has 0 spiro atoms. The first-order valence-corrected chi connectivity index (χ1v) is 8.37. The summed E-state index contributed by atoms with van der Waals surface area (Å²) in [5.41, 5.74) is 0.818. The summed E-state index contributed by atoms with van der Waals surface area (Å²) in [6.07, 6.45) is 9.56. The van der Waals surface area contributed by atoms with Gasteiger partial charge in [-0.25, -0.2) is 4.68 Å². The number of hydrogen-bond acceptors (Lipinski definition) is 2. The molecule has 1 aromatic carbocycles. The van der Waals surface area contributed by atoms with Crippen LogP contribution in [0.5, 0.6) is 0 Å². The van der Waals surface area contributed by atoms with Crippen LogP contribution < -0.4 is 5.32 Å². The lowest BCUT2D eigenvalue weighted by Crippen LogP contribution is -2.15. The van der Waals surface area contributed by atoms with Crippen molar-refractivity contribution in [1.82, 2.24) is 9.78 Å². The highest BCUT2D eigenvalue weighted by atomic mass is 35.5. The van der Waals surface area contributed by atoms with E-state index in [1.54, 1.807) is 30.5 Å². The monoisotopic (exact) mass is 349 g/mol. The number of aromatic nitrogens is 2. The van der Waals surface area contributed by atoms with Crippen LogP contribution >= 0.6 is 23.2 Å². The van der Waals surface area contributed by atoms with Crippen LogP contribution in [0.15, 0.2) is 36.5 Å². The molecular formula is C17H17Cl2N3O. The van der Waals surface area contributed by atoms with E-state index < -0.39 is 0 Å². The van der Waals surface area contributed by atoms with Crippen molar-refractivity contribution in [2.75, 3.05) is 5.32 Å². The van der Waals surface area contributed by atoms with Crippen molar-refractivity contribution in [3.8, 4) is 0 Å². The van der Waals surface area contributed by atoms with Crippen molar-refractivity contribution in [3.05, 3.63) is 52.1 Å². The van der Waals surface area contributed by atoms with E-state index in [9.17, 15) is 4.79 Å². The van der Waals surface area contributed by atoms with Crippen LogP contribution in [0.25, 0.3) is 6.08 Å². The van der Waals surface area contributed by atoms with Gasteiger partial charge in [0, 0.05) is 12.1 Å². The number of amides is 1. The van der Waals surface area contributed by atoms with E-state index in [2.05, 4.69) is 10.4 Å². The number of nitrogens with zero attached hydrogens (tertiary/aromatic N) is 2. The highest BCUT2D eigenvalue weighted by Gasteiger charge is 2.20. The molecule has 0 saturated heterocycles. The van der Waals surface area contributed by atoms with Crippen LogP contribution in [0.1, 0.15) is 37.3 Å². The van der Waals surface area contributed by atoms with E-state index in [1.165, 1.54) is 18.9 Å². The van der Waals surface area contributed by atoms with Gasteiger partial charge in [0.2, 0.25) is 5.91 Å². The molecular weight excluding hydrogens is 333 g/mol. The number of carbonyl (C=O) groups is 1. The van der Waals surface area contributed by atoms with E-state index in [4.69, 9.17) is 23.2 Å². The topological polar surface area (TPSA) is 46.9 Å². The summed E-state index contributed by atoms with van der Waals surface area (Å²) >= 11 is 11.8. The first kappa shape index (κ1) is 16.1. The van der Waals surface area contributed by atoms with Gasteiger partial charge >= 0.3 is 0 Å². The Bertz CT molecular complexity index is 733. The van der Waals surface area contributed by atoms with Crippen molar-refractivity contribution in [2.45, 2.75) is 31.7 Å². The minimum Gasteiger partial charge on any atom is -0.307 e. The van der Waals surface area contributed by atoms with E-state index in [-0.39, 0.29) is 5.91 Å². The van der Waals surface area contributed by atoms with Gasteiger partial charge in [0.1, 0.15) is 5.82 Å². The molecule has 1 heterocycles.